The molecule has 1 aromatic heterocycles. The molecule has 0 aromatic carbocycles. The number of hydrogen-bond acceptors (Lipinski definition) is 5. The van der Waals surface area contributed by atoms with Gasteiger partial charge in [-0.05, 0) is 17.9 Å². The van der Waals surface area contributed by atoms with Gasteiger partial charge in [-0.1, -0.05) is 18.7 Å². The van der Waals surface area contributed by atoms with Gasteiger partial charge in [0.15, 0.2) is 0 Å². The van der Waals surface area contributed by atoms with Crippen LogP contribution >= 0.6 is 23.5 Å². The molecule has 0 N–H and O–H groups in total. The predicted octanol–water partition coefficient (Wildman–Crippen LogP) is 2.71. The minimum absolute atomic E-state index is 0.186. The highest BCUT2D eigenvalue weighted by Gasteiger charge is 2.27. The maximum atomic E-state index is 12.2. The van der Waals surface area contributed by atoms with E-state index in [9.17, 15) is 10.1 Å². The summed E-state index contributed by atoms with van der Waals surface area (Å²) in [7, 11) is 1.62. The molecule has 1 amide bonds. The third kappa shape index (κ3) is 2.24. The number of fused-ring (bicyclic) bond motifs is 1. The van der Waals surface area contributed by atoms with Gasteiger partial charge in [-0.3, -0.25) is 4.79 Å². The normalized spacial score (nSPS) is 15.2. The number of nitrogens with zero attached hydrogens (tertiary/aromatic N) is 3. The highest BCUT2D eigenvalue weighted by Crippen LogP contribution is 2.40. The van der Waals surface area contributed by atoms with Crippen molar-refractivity contribution in [1.82, 2.24) is 9.88 Å². The fourth-order valence-corrected chi connectivity index (χ4v) is 3.78. The third-order valence-corrected chi connectivity index (χ3v) is 4.65. The summed E-state index contributed by atoms with van der Waals surface area (Å²) in [6, 6.07) is 5.58. The lowest BCUT2D eigenvalue weighted by atomic mass is 10.2. The van der Waals surface area contributed by atoms with Gasteiger partial charge in [0.1, 0.15) is 16.8 Å². The van der Waals surface area contributed by atoms with Gasteiger partial charge in [0.2, 0.25) is 0 Å². The van der Waals surface area contributed by atoms with E-state index in [0.717, 1.165) is 9.99 Å². The lowest BCUT2D eigenvalue weighted by molar-refractivity contribution is 0.0838. The number of rotatable bonds is 2. The Morgan fingerprint density at radius 1 is 1.61 bits per heavy atom. The van der Waals surface area contributed by atoms with Gasteiger partial charge in [-0.2, -0.15) is 5.26 Å². The Kier molecular flexibility index (Phi) is 3.94. The van der Waals surface area contributed by atoms with Crippen LogP contribution in [-0.2, 0) is 0 Å². The van der Waals surface area contributed by atoms with Crippen LogP contribution in [-0.4, -0.2) is 28.6 Å². The number of pyridine rings is 1. The molecule has 0 spiro atoms. The second-order valence-electron chi connectivity index (χ2n) is 3.50. The Labute approximate surface area is 114 Å². The second kappa shape index (κ2) is 5.46. The first kappa shape index (κ1) is 13.0. The number of allylic oxidation sites excluding steroid dienone is 1. The van der Waals surface area contributed by atoms with Crippen LogP contribution in [0.4, 0.5) is 0 Å². The topological polar surface area (TPSA) is 57.0 Å². The number of hydrogen-bond donors (Lipinski definition) is 0. The van der Waals surface area contributed by atoms with Crippen LogP contribution in [0.3, 0.4) is 0 Å². The van der Waals surface area contributed by atoms with Crippen LogP contribution in [0, 0.1) is 11.3 Å². The first-order chi connectivity index (χ1) is 8.69. The van der Waals surface area contributed by atoms with Crippen molar-refractivity contribution in [2.45, 2.75) is 11.9 Å². The molecule has 18 heavy (non-hydrogen) atoms. The molecule has 1 aliphatic rings. The van der Waals surface area contributed by atoms with Crippen molar-refractivity contribution in [3.8, 4) is 6.07 Å². The van der Waals surface area contributed by atoms with Crippen molar-refractivity contribution < 1.29 is 4.79 Å². The molecule has 0 fully saturated rings. The molecule has 0 atom stereocenters. The fourth-order valence-electron chi connectivity index (χ4n) is 1.54. The second-order valence-corrected chi connectivity index (χ2v) is 6.03. The number of nitriles is 1. The lowest BCUT2D eigenvalue weighted by Gasteiger charge is -2.14. The highest BCUT2D eigenvalue weighted by molar-refractivity contribution is 8.22. The summed E-state index contributed by atoms with van der Waals surface area (Å²) in [5.41, 5.74) is 0.944. The van der Waals surface area contributed by atoms with Gasteiger partial charge in [-0.25, -0.2) is 4.98 Å². The minimum atomic E-state index is -0.186. The van der Waals surface area contributed by atoms with Crippen molar-refractivity contribution in [2.75, 3.05) is 12.8 Å². The van der Waals surface area contributed by atoms with E-state index in [2.05, 4.69) is 11.1 Å². The molecule has 2 rings (SSSR count). The maximum Gasteiger partial charge on any atom is 0.261 e. The van der Waals surface area contributed by atoms with Crippen LogP contribution in [0.25, 0.3) is 0 Å². The maximum absolute atomic E-state index is 12.2. The lowest BCUT2D eigenvalue weighted by Crippen LogP contribution is -2.25. The van der Waals surface area contributed by atoms with Crippen molar-refractivity contribution in [1.29, 1.82) is 5.26 Å². The first-order valence-electron chi connectivity index (χ1n) is 5.37. The van der Waals surface area contributed by atoms with Crippen LogP contribution in [0.15, 0.2) is 33.3 Å². The number of aromatic nitrogens is 1. The van der Waals surface area contributed by atoms with Crippen LogP contribution in [0.5, 0.6) is 0 Å². The van der Waals surface area contributed by atoms with Gasteiger partial charge in [0, 0.05) is 13.2 Å². The van der Waals surface area contributed by atoms with Crippen LogP contribution < -0.4 is 0 Å². The molecule has 6 heteroatoms. The summed E-state index contributed by atoms with van der Waals surface area (Å²) < 4.78 is 0.827. The molecule has 0 unspecified atom stereocenters. The largest absolute Gasteiger partial charge is 0.301 e. The van der Waals surface area contributed by atoms with E-state index in [1.807, 2.05) is 6.92 Å². The van der Waals surface area contributed by atoms with Crippen molar-refractivity contribution >= 4 is 29.4 Å². The van der Waals surface area contributed by atoms with Gasteiger partial charge < -0.3 is 4.90 Å². The molecule has 0 radical (unpaired) electrons. The Hall–Kier alpha value is -1.45. The monoisotopic (exact) mass is 277 g/mol. The van der Waals surface area contributed by atoms with E-state index in [4.69, 9.17) is 0 Å². The SMILES string of the molecule is CCSC1=C(C#N)N(C)C(=O)c2cccnc2S1. The molecule has 0 bridgehead atoms. The van der Waals surface area contributed by atoms with Gasteiger partial charge in [0.05, 0.1) is 9.80 Å². The van der Waals surface area contributed by atoms with E-state index >= 15 is 0 Å². The zero-order valence-corrected chi connectivity index (χ0v) is 11.6. The highest BCUT2D eigenvalue weighted by atomic mass is 32.2. The molecular weight excluding hydrogens is 266 g/mol. The molecule has 1 aromatic rings. The van der Waals surface area contributed by atoms with E-state index in [-0.39, 0.29) is 5.91 Å². The molecule has 0 aliphatic carbocycles. The first-order valence-corrected chi connectivity index (χ1v) is 7.17. The summed E-state index contributed by atoms with van der Waals surface area (Å²) in [5.74, 6) is 0.659. The molecule has 1 aliphatic heterocycles. The molecular formula is C12H11N3OS2. The van der Waals surface area contributed by atoms with Crippen LogP contribution in [0.2, 0.25) is 0 Å². The van der Waals surface area contributed by atoms with Crippen molar-refractivity contribution in [3.63, 3.8) is 0 Å². The number of carbonyl (C=O) groups excluding carboxylic acids is 1. The molecule has 4 nitrogen and oxygen atoms in total. The standard InChI is InChI=1S/C12H11N3OS2/c1-3-17-12-9(7-13)15(2)11(16)8-5-4-6-14-10(8)18-12/h4-6H,3H2,1-2H3. The summed E-state index contributed by atoms with van der Waals surface area (Å²) in [6.45, 7) is 2.01. The van der Waals surface area contributed by atoms with Gasteiger partial charge in [0.25, 0.3) is 5.91 Å². The third-order valence-electron chi connectivity index (χ3n) is 2.41. The Bertz CT molecular complexity index is 563. The fraction of sp³-hybridized carbons (Fsp3) is 0.250. The Morgan fingerprint density at radius 3 is 3.06 bits per heavy atom. The smallest absolute Gasteiger partial charge is 0.261 e. The Balaban J connectivity index is 2.56. The summed E-state index contributed by atoms with van der Waals surface area (Å²) in [4.78, 5) is 17.9. The van der Waals surface area contributed by atoms with E-state index < -0.39 is 0 Å². The van der Waals surface area contributed by atoms with Crippen molar-refractivity contribution in [2.24, 2.45) is 0 Å². The average Bonchev–Trinajstić information content (AvgIpc) is 2.48. The molecule has 0 saturated heterocycles. The average molecular weight is 277 g/mol. The minimum Gasteiger partial charge on any atom is -0.301 e. The quantitative estimate of drug-likeness (QED) is 0.832. The predicted molar refractivity (Wildman–Crippen MR) is 73.0 cm³/mol. The summed E-state index contributed by atoms with van der Waals surface area (Å²) in [5, 5.41) is 9.89. The van der Waals surface area contributed by atoms with Crippen LogP contribution in [0.1, 0.15) is 17.3 Å². The number of carbonyl (C=O) groups is 1. The molecule has 0 saturated carbocycles. The molecule has 92 valence electrons. The summed E-state index contributed by atoms with van der Waals surface area (Å²) >= 11 is 2.94. The van der Waals surface area contributed by atoms with E-state index in [0.29, 0.717) is 16.3 Å². The van der Waals surface area contributed by atoms with E-state index in [1.54, 1.807) is 37.1 Å². The van der Waals surface area contributed by atoms with Gasteiger partial charge >= 0.3 is 0 Å². The van der Waals surface area contributed by atoms with Gasteiger partial charge in [-0.15, -0.1) is 11.8 Å². The zero-order chi connectivity index (χ0) is 13.1. The Morgan fingerprint density at radius 2 is 2.39 bits per heavy atom. The molecule has 2 heterocycles. The summed E-state index contributed by atoms with van der Waals surface area (Å²) in [6.07, 6.45) is 1.66. The number of amides is 1. The van der Waals surface area contributed by atoms with Crippen molar-refractivity contribution in [3.05, 3.63) is 33.8 Å². The zero-order valence-electron chi connectivity index (χ0n) is 10.0. The number of thioether (sulfide) groups is 2. The van der Waals surface area contributed by atoms with E-state index in [1.165, 1.54) is 16.7 Å².